The maximum absolute atomic E-state index is 13.5. The van der Waals surface area contributed by atoms with Gasteiger partial charge in [0, 0.05) is 22.6 Å². The maximum Gasteiger partial charge on any atom is 0.329 e. The van der Waals surface area contributed by atoms with Crippen molar-refractivity contribution in [2.24, 2.45) is 35.5 Å². The second-order valence-electron chi connectivity index (χ2n) is 37.4. The Hall–Kier alpha value is -8.20. The van der Waals surface area contributed by atoms with Crippen molar-refractivity contribution >= 4 is 81.2 Å². The summed E-state index contributed by atoms with van der Waals surface area (Å²) in [7, 11) is 8.96. The van der Waals surface area contributed by atoms with Gasteiger partial charge in [-0.2, -0.15) is 0 Å². The summed E-state index contributed by atoms with van der Waals surface area (Å²) in [4.78, 5) is 134. The molecule has 0 aromatic heterocycles. The monoisotopic (exact) mass is 1790 g/mol. The first kappa shape index (κ1) is 107. The van der Waals surface area contributed by atoms with Crippen LogP contribution in [0.25, 0.3) is 0 Å². The number of rotatable bonds is 57. The third kappa shape index (κ3) is 38.6. The number of hydrogen-bond acceptors (Lipinski definition) is 24. The molecule has 0 spiro atoms. The van der Waals surface area contributed by atoms with Crippen molar-refractivity contribution in [2.75, 3.05) is 79.2 Å². The predicted octanol–water partition coefficient (Wildman–Crippen LogP) is 18.6. The van der Waals surface area contributed by atoms with Crippen LogP contribution in [0, 0.1) is 77.0 Å². The molecule has 0 saturated heterocycles. The molecule has 26 heteroatoms. The predicted molar refractivity (Wildman–Crippen MR) is 496 cm³/mol. The van der Waals surface area contributed by atoms with E-state index in [1.165, 1.54) is 114 Å². The van der Waals surface area contributed by atoms with Gasteiger partial charge in [0.2, 0.25) is 11.8 Å². The van der Waals surface area contributed by atoms with Crippen molar-refractivity contribution in [1.29, 1.82) is 0 Å². The molecule has 702 valence electrons. The number of amides is 2. The Morgan fingerprint density at radius 1 is 0.389 bits per heavy atom. The molecule has 8 atom stereocenters. The van der Waals surface area contributed by atoms with E-state index in [1.54, 1.807) is 62.3 Å². The van der Waals surface area contributed by atoms with Crippen LogP contribution in [0.2, 0.25) is 0 Å². The summed E-state index contributed by atoms with van der Waals surface area (Å²) in [6, 6.07) is 10.1. The molecule has 0 saturated carbocycles. The van der Waals surface area contributed by atoms with Crippen molar-refractivity contribution in [1.82, 2.24) is 20.4 Å². The number of carbonyl (C=O) groups is 10. The number of benzene rings is 4. The quantitative estimate of drug-likeness (QED) is 0.0136. The molecule has 2 heterocycles. The van der Waals surface area contributed by atoms with Crippen LogP contribution < -0.4 is 39.1 Å². The molecule has 0 bridgehead atoms. The molecule has 2 amide bonds. The topological polar surface area (TPSA) is 294 Å². The molecular weight excluding hydrogens is 1640 g/mol. The van der Waals surface area contributed by atoms with E-state index in [0.29, 0.717) is 34.5 Å². The maximum atomic E-state index is 13.5. The van der Waals surface area contributed by atoms with Gasteiger partial charge in [0.25, 0.3) is 0 Å². The molecule has 8 unspecified atom stereocenters. The fourth-order valence-corrected chi connectivity index (χ4v) is 18.4. The van der Waals surface area contributed by atoms with Gasteiger partial charge < -0.3 is 67.8 Å². The molecule has 2 aliphatic heterocycles. The molecule has 4 aromatic rings. The lowest BCUT2D eigenvalue weighted by Gasteiger charge is -2.38. The number of carbonyl (C=O) groups excluding carboxylic acids is 10. The summed E-state index contributed by atoms with van der Waals surface area (Å²) < 4.78 is 58.2. The molecule has 0 radical (unpaired) electrons. The SMILES string of the molecule is Cc1c(C)c2c(c(C)c1OC(=O)CCC(=O)Oc1ccc(CC(=O)OCCOC(=O)C(CSSCC(NC(=O)CN(C)C)C(=O)OCCOC(=O)Cc3ccc(OC(=O)CCC(=O)Oc4c(C)c(C)c5c(c4C)CCC(C)(CCCC(C)CCCC(C)CCCC(C)C)O5)cc3)NC(=O)CN(C)C)cc1)CCC(C)(CCCC(C)CCCC(C)CCCC(C)C)O2. The molecule has 0 fully saturated rings. The lowest BCUT2D eigenvalue weighted by atomic mass is 9.83. The fraction of sp³-hybridized carbons (Fsp3) is 0.660. The van der Waals surface area contributed by atoms with E-state index < -0.39 is 71.7 Å². The summed E-state index contributed by atoms with van der Waals surface area (Å²) in [5.41, 5.74) is 7.86. The highest BCUT2D eigenvalue weighted by molar-refractivity contribution is 8.76. The van der Waals surface area contributed by atoms with Gasteiger partial charge in [-0.15, -0.1) is 0 Å². The van der Waals surface area contributed by atoms with Crippen LogP contribution in [-0.4, -0.2) is 172 Å². The van der Waals surface area contributed by atoms with Crippen LogP contribution in [0.1, 0.15) is 279 Å². The first-order valence-electron chi connectivity index (χ1n) is 46.1. The van der Waals surface area contributed by atoms with Crippen molar-refractivity contribution in [3.8, 4) is 34.5 Å². The summed E-state index contributed by atoms with van der Waals surface area (Å²) >= 11 is 0. The van der Waals surface area contributed by atoms with E-state index in [4.69, 9.17) is 47.4 Å². The largest absolute Gasteiger partial charge is 0.487 e. The highest BCUT2D eigenvalue weighted by atomic mass is 33.1. The van der Waals surface area contributed by atoms with Crippen LogP contribution in [0.4, 0.5) is 0 Å². The van der Waals surface area contributed by atoms with Crippen LogP contribution in [0.15, 0.2) is 48.5 Å². The van der Waals surface area contributed by atoms with Gasteiger partial charge in [-0.25, -0.2) is 9.59 Å². The number of esters is 8. The van der Waals surface area contributed by atoms with Crippen molar-refractivity contribution < 1.29 is 95.3 Å². The zero-order valence-electron chi connectivity index (χ0n) is 79.6. The van der Waals surface area contributed by atoms with E-state index in [-0.39, 0.29) is 112 Å². The Morgan fingerprint density at radius 3 is 1.01 bits per heavy atom. The first-order valence-corrected chi connectivity index (χ1v) is 48.6. The van der Waals surface area contributed by atoms with Crippen molar-refractivity contribution in [3.05, 3.63) is 104 Å². The summed E-state index contributed by atoms with van der Waals surface area (Å²) in [5, 5.41) is 5.34. The fourth-order valence-electron chi connectivity index (χ4n) is 16.1. The van der Waals surface area contributed by atoms with Crippen molar-refractivity contribution in [2.45, 2.75) is 314 Å². The number of nitrogens with one attached hydrogen (secondary N) is 2. The Kier molecular flexibility index (Phi) is 45.9. The molecule has 2 aliphatic rings. The summed E-state index contributed by atoms with van der Waals surface area (Å²) in [5.74, 6) is 1.32. The third-order valence-electron chi connectivity index (χ3n) is 24.1. The molecule has 0 aliphatic carbocycles. The molecule has 6 rings (SSSR count). The number of hydrogen-bond donors (Lipinski definition) is 2. The average molecular weight is 1790 g/mol. The van der Waals surface area contributed by atoms with E-state index >= 15 is 0 Å². The van der Waals surface area contributed by atoms with Gasteiger partial charge in [0.15, 0.2) is 0 Å². The normalized spacial score (nSPS) is 16.2. The third-order valence-corrected chi connectivity index (χ3v) is 26.5. The zero-order chi connectivity index (χ0) is 92.8. The van der Waals surface area contributed by atoms with Gasteiger partial charge in [-0.1, -0.05) is 191 Å². The minimum atomic E-state index is -1.18. The Balaban J connectivity index is 0.859. The molecule has 24 nitrogen and oxygen atoms in total. The van der Waals surface area contributed by atoms with Gasteiger partial charge in [0.1, 0.15) is 84.2 Å². The molecule has 4 aromatic carbocycles. The van der Waals surface area contributed by atoms with Crippen LogP contribution in [-0.2, 0) is 92.6 Å². The van der Waals surface area contributed by atoms with Gasteiger partial charge in [-0.05, 0) is 239 Å². The molecule has 2 N–H and O–H groups in total. The van der Waals surface area contributed by atoms with E-state index in [0.717, 1.165) is 153 Å². The number of ether oxygens (including phenoxy) is 10. The molecular formula is C100H150N4O20S2. The van der Waals surface area contributed by atoms with Gasteiger partial charge in [-0.3, -0.25) is 38.4 Å². The standard InChI is InChI=1S/C100H150N4O20S2/c1-65(2)27-21-29-67(5)31-23-33-69(7)35-25-51-99(15)53-49-81-75(13)93(71(9)73(11)95(81)123-99)121-89(109)47-45-87(107)119-79-41-37-77(38-42-79)59-91(111)115-55-57-117-97(113)83(101-85(105)61-103(17)18)63-125-126-64-84(102-86(106)62-104(19)20)98(114)118-58-56-116-92(112)60-78-39-43-80(44-40-78)120-88(108)46-48-90(110)122-94-72(10)74(12)96-82(76(94)14)50-54-100(16,124-96)52-26-36-70(8)34-24-32-68(6)30-22-28-66(3)4/h37-44,65-70,83-84H,21-36,45-64H2,1-20H3,(H,101,105)(H,102,106). The minimum Gasteiger partial charge on any atom is -0.487 e. The Morgan fingerprint density at radius 2 is 0.690 bits per heavy atom. The second kappa shape index (κ2) is 54.3. The molecule has 126 heavy (non-hydrogen) atoms. The number of likely N-dealkylation sites (N-methyl/N-ethyl adjacent to an activating group) is 2. The lowest BCUT2D eigenvalue weighted by molar-refractivity contribution is -0.153. The van der Waals surface area contributed by atoms with Gasteiger partial charge in [0.05, 0.1) is 51.6 Å². The summed E-state index contributed by atoms with van der Waals surface area (Å²) in [6.07, 6.45) is 24.3. The number of fused-ring (bicyclic) bond motifs is 2. The zero-order valence-corrected chi connectivity index (χ0v) is 81.2. The summed E-state index contributed by atoms with van der Waals surface area (Å²) in [6.45, 7) is 33.6. The Labute approximate surface area is 759 Å². The average Bonchev–Trinajstić information content (AvgIpc) is 0.762. The second-order valence-corrected chi connectivity index (χ2v) is 40.0. The smallest absolute Gasteiger partial charge is 0.329 e. The van der Waals surface area contributed by atoms with Crippen LogP contribution in [0.3, 0.4) is 0 Å². The van der Waals surface area contributed by atoms with Crippen LogP contribution >= 0.6 is 21.6 Å². The highest BCUT2D eigenvalue weighted by Gasteiger charge is 2.38. The van der Waals surface area contributed by atoms with E-state index in [2.05, 4.69) is 79.9 Å². The first-order chi connectivity index (χ1) is 59.7. The Bertz CT molecular complexity index is 3920. The van der Waals surface area contributed by atoms with E-state index in [1.807, 2.05) is 41.5 Å². The lowest BCUT2D eigenvalue weighted by Crippen LogP contribution is -2.47. The minimum absolute atomic E-state index is 0.0366. The highest BCUT2D eigenvalue weighted by Crippen LogP contribution is 2.47. The van der Waals surface area contributed by atoms with Gasteiger partial charge >= 0.3 is 47.8 Å². The van der Waals surface area contributed by atoms with E-state index in [9.17, 15) is 47.9 Å². The van der Waals surface area contributed by atoms with Crippen molar-refractivity contribution in [3.63, 3.8) is 0 Å². The van der Waals surface area contributed by atoms with Crippen LogP contribution in [0.5, 0.6) is 34.5 Å². The number of nitrogens with zero attached hydrogens (tertiary/aromatic N) is 2.